The molecule has 0 aromatic heterocycles. The summed E-state index contributed by atoms with van der Waals surface area (Å²) in [6.45, 7) is -6.66. The van der Waals surface area contributed by atoms with Crippen LogP contribution in [0.15, 0.2) is 0 Å². The van der Waals surface area contributed by atoms with Crippen LogP contribution in [0.4, 0.5) is 0 Å². The molecule has 0 amide bonds. The molecule has 4 aliphatic rings. The molecule has 0 radical (unpaired) electrons. The molecular weight excluding hydrogens is 624 g/mol. The Balaban J connectivity index is 1.53. The molecule has 21 nitrogen and oxygen atoms in total. The zero-order valence-electron chi connectivity index (χ0n) is 23.7. The Labute approximate surface area is 254 Å². The maximum Gasteiger partial charge on any atom is 0.221 e. The summed E-state index contributed by atoms with van der Waals surface area (Å²) in [6, 6.07) is 0. The minimum Gasteiger partial charge on any atom is -0.394 e. The number of ether oxygens (including phenoxy) is 7. The maximum absolute atomic E-state index is 11.4. The van der Waals surface area contributed by atoms with Crippen molar-refractivity contribution in [1.29, 1.82) is 0 Å². The van der Waals surface area contributed by atoms with E-state index in [0.29, 0.717) is 0 Å². The monoisotopic (exact) mass is 666 g/mol. The molecule has 0 bridgehead atoms. The third kappa shape index (κ3) is 6.49. The van der Waals surface area contributed by atoms with Gasteiger partial charge in [0.05, 0.1) is 39.6 Å². The number of aliphatic hydroxyl groups excluding tert-OH is 12. The van der Waals surface area contributed by atoms with Gasteiger partial charge >= 0.3 is 0 Å². The first kappa shape index (κ1) is 37.0. The molecule has 21 heteroatoms. The smallest absolute Gasteiger partial charge is 0.221 e. The van der Waals surface area contributed by atoms with Crippen LogP contribution in [0.25, 0.3) is 0 Å². The first-order valence-electron chi connectivity index (χ1n) is 14.0. The van der Waals surface area contributed by atoms with Crippen molar-refractivity contribution in [2.24, 2.45) is 0 Å². The highest BCUT2D eigenvalue weighted by Crippen LogP contribution is 2.40. The molecule has 0 aliphatic carbocycles. The summed E-state index contributed by atoms with van der Waals surface area (Å²) < 4.78 is 37.6. The van der Waals surface area contributed by atoms with E-state index in [0.717, 1.165) is 0 Å². The summed E-state index contributed by atoms with van der Waals surface area (Å²) in [5.74, 6) is -2.41. The normalized spacial score (nSPS) is 52.1. The van der Waals surface area contributed by atoms with E-state index in [2.05, 4.69) is 0 Å². The predicted molar refractivity (Wildman–Crippen MR) is 134 cm³/mol. The molecule has 4 rings (SSSR count). The standard InChI is InChI=1S/C24H42O21/c25-1-8-12(30)14(32)15(33)19(41-8)44-21-22(37,16(34)11(4-28)43-21)6-39-20-23(38,17(35)10(3-27)42-20)7-40-24(5-29)18(36)13(31)9(2-26)45-24/h8-21,25-38H,1-7H2/t8?,9-,10-,11-,12-,13?,14?,15+,16?,17?,18-,19-,20-,21+,22-,23-,24-/m1/s1. The average molecular weight is 667 g/mol. The molecular formula is C24H42O21. The van der Waals surface area contributed by atoms with Gasteiger partial charge in [0.1, 0.15) is 73.8 Å². The van der Waals surface area contributed by atoms with Crippen LogP contribution in [-0.2, 0) is 33.2 Å². The van der Waals surface area contributed by atoms with E-state index in [1.54, 1.807) is 0 Å². The first-order chi connectivity index (χ1) is 21.2. The van der Waals surface area contributed by atoms with Crippen LogP contribution in [0.2, 0.25) is 0 Å². The topological polar surface area (TPSA) is 348 Å². The lowest BCUT2D eigenvalue weighted by atomic mass is 9.94. The molecule has 17 atom stereocenters. The lowest BCUT2D eigenvalue weighted by Crippen LogP contribution is -2.62. The fraction of sp³-hybridized carbons (Fsp3) is 1.00. The van der Waals surface area contributed by atoms with Crippen LogP contribution >= 0.6 is 0 Å². The third-order valence-electron chi connectivity index (χ3n) is 8.53. The molecule has 14 N–H and O–H groups in total. The van der Waals surface area contributed by atoms with Gasteiger partial charge < -0.3 is 105 Å². The summed E-state index contributed by atoms with van der Waals surface area (Å²) in [5.41, 5.74) is -5.36. The molecule has 4 aliphatic heterocycles. The first-order valence-corrected chi connectivity index (χ1v) is 14.0. The Morgan fingerprint density at radius 3 is 1.58 bits per heavy atom. The molecule has 4 fully saturated rings. The van der Waals surface area contributed by atoms with Crippen LogP contribution in [0, 0.1) is 0 Å². The second kappa shape index (κ2) is 14.3. The van der Waals surface area contributed by atoms with E-state index in [9.17, 15) is 71.5 Å². The highest BCUT2D eigenvalue weighted by atomic mass is 16.8. The van der Waals surface area contributed by atoms with Gasteiger partial charge in [0.25, 0.3) is 0 Å². The number of hydrogen-bond acceptors (Lipinski definition) is 21. The Morgan fingerprint density at radius 2 is 1.07 bits per heavy atom. The summed E-state index contributed by atoms with van der Waals surface area (Å²) >= 11 is 0. The molecule has 0 saturated carbocycles. The molecule has 4 heterocycles. The van der Waals surface area contributed by atoms with Gasteiger partial charge in [0.15, 0.2) is 30.1 Å². The quantitative estimate of drug-likeness (QED) is 0.0867. The van der Waals surface area contributed by atoms with Gasteiger partial charge in [0.2, 0.25) is 5.79 Å². The summed E-state index contributed by atoms with van der Waals surface area (Å²) in [5, 5.41) is 143. The van der Waals surface area contributed by atoms with Gasteiger partial charge in [-0.2, -0.15) is 0 Å². The minimum absolute atomic E-state index is 0.790. The zero-order chi connectivity index (χ0) is 33.5. The fourth-order valence-corrected chi connectivity index (χ4v) is 5.60. The molecule has 45 heavy (non-hydrogen) atoms. The second-order valence-corrected chi connectivity index (χ2v) is 11.4. The predicted octanol–water partition coefficient (Wildman–Crippen LogP) is -9.74. The molecule has 4 saturated heterocycles. The molecule has 0 aromatic carbocycles. The van der Waals surface area contributed by atoms with Crippen molar-refractivity contribution in [2.45, 2.75) is 103 Å². The van der Waals surface area contributed by atoms with E-state index < -0.39 is 149 Å². The van der Waals surface area contributed by atoms with Crippen LogP contribution in [0.5, 0.6) is 0 Å². The van der Waals surface area contributed by atoms with Crippen molar-refractivity contribution < 1.29 is 105 Å². The van der Waals surface area contributed by atoms with Crippen LogP contribution < -0.4 is 0 Å². The average Bonchev–Trinajstić information content (AvgIpc) is 3.54. The SMILES string of the molecule is OCC1O[C@H](O[C@@H]2O[C@H](CO)C(O)[C@]2(O)CO[C@@H]2O[C@H](CO)C(O)[C@]2(O)CO[C@]2(CO)O[C@H](CO)C(O)[C@H]2O)[C@@H](O)C(O)[C@@H]1O. The molecule has 264 valence electrons. The lowest BCUT2D eigenvalue weighted by molar-refractivity contribution is -0.357. The molecule has 5 unspecified atom stereocenters. The van der Waals surface area contributed by atoms with Gasteiger partial charge in [-0.05, 0) is 0 Å². The van der Waals surface area contributed by atoms with E-state index >= 15 is 0 Å². The Morgan fingerprint density at radius 1 is 0.533 bits per heavy atom. The van der Waals surface area contributed by atoms with Gasteiger partial charge in [-0.1, -0.05) is 0 Å². The molecule has 0 spiro atoms. The summed E-state index contributed by atoms with van der Waals surface area (Å²) in [7, 11) is 0. The van der Waals surface area contributed by atoms with Crippen molar-refractivity contribution in [3.63, 3.8) is 0 Å². The van der Waals surface area contributed by atoms with E-state index in [1.165, 1.54) is 0 Å². The Bertz CT molecular complexity index is 962. The summed E-state index contributed by atoms with van der Waals surface area (Å²) in [4.78, 5) is 0. The van der Waals surface area contributed by atoms with Crippen molar-refractivity contribution >= 4 is 0 Å². The van der Waals surface area contributed by atoms with Gasteiger partial charge in [0, 0.05) is 0 Å². The van der Waals surface area contributed by atoms with E-state index in [4.69, 9.17) is 33.2 Å². The Kier molecular flexibility index (Phi) is 11.8. The zero-order valence-corrected chi connectivity index (χ0v) is 23.7. The number of rotatable bonds is 13. The maximum atomic E-state index is 11.4. The number of aliphatic hydroxyl groups is 14. The van der Waals surface area contributed by atoms with E-state index in [1.807, 2.05) is 0 Å². The summed E-state index contributed by atoms with van der Waals surface area (Å²) in [6.07, 6.45) is -25.1. The highest BCUT2D eigenvalue weighted by molar-refractivity contribution is 5.05. The van der Waals surface area contributed by atoms with Crippen molar-refractivity contribution in [3.05, 3.63) is 0 Å². The third-order valence-corrected chi connectivity index (χ3v) is 8.53. The van der Waals surface area contributed by atoms with Crippen molar-refractivity contribution in [3.8, 4) is 0 Å². The minimum atomic E-state index is -2.69. The van der Waals surface area contributed by atoms with Crippen LogP contribution in [0.3, 0.4) is 0 Å². The van der Waals surface area contributed by atoms with Gasteiger partial charge in [-0.25, -0.2) is 0 Å². The van der Waals surface area contributed by atoms with Crippen LogP contribution in [0.1, 0.15) is 0 Å². The fourth-order valence-electron chi connectivity index (χ4n) is 5.60. The second-order valence-electron chi connectivity index (χ2n) is 11.4. The molecule has 0 aromatic rings. The van der Waals surface area contributed by atoms with Gasteiger partial charge in [-0.15, -0.1) is 0 Å². The van der Waals surface area contributed by atoms with Crippen molar-refractivity contribution in [2.75, 3.05) is 46.2 Å². The largest absolute Gasteiger partial charge is 0.394 e. The Hall–Kier alpha value is -0.840. The van der Waals surface area contributed by atoms with Crippen LogP contribution in [-0.4, -0.2) is 221 Å². The lowest BCUT2D eigenvalue weighted by Gasteiger charge is -2.42. The van der Waals surface area contributed by atoms with Gasteiger partial charge in [-0.3, -0.25) is 0 Å². The van der Waals surface area contributed by atoms with Crippen molar-refractivity contribution in [1.82, 2.24) is 0 Å². The van der Waals surface area contributed by atoms with E-state index in [-0.39, 0.29) is 0 Å². The number of hydrogen-bond donors (Lipinski definition) is 14. The highest BCUT2D eigenvalue weighted by Gasteiger charge is 2.63.